The van der Waals surface area contributed by atoms with Crippen molar-refractivity contribution in [1.82, 2.24) is 9.55 Å². The van der Waals surface area contributed by atoms with E-state index in [9.17, 15) is 4.79 Å². The minimum absolute atomic E-state index is 0.0370. The molecule has 102 valence electrons. The van der Waals surface area contributed by atoms with E-state index in [4.69, 9.17) is 4.74 Å². The summed E-state index contributed by atoms with van der Waals surface area (Å²) in [6.45, 7) is 3.63. The molecule has 1 heterocycles. The number of rotatable bonds is 5. The molecule has 1 aromatic heterocycles. The maximum Gasteiger partial charge on any atom is 0.219 e. The molecule has 0 aliphatic carbocycles. The lowest BCUT2D eigenvalue weighted by Gasteiger charge is -2.16. The van der Waals surface area contributed by atoms with Crippen molar-refractivity contribution in [3.63, 3.8) is 0 Å². The molecule has 0 N–H and O–H groups in total. The molecule has 0 spiro atoms. The van der Waals surface area contributed by atoms with Crippen LogP contribution in [0.25, 0.3) is 0 Å². The second-order valence-electron chi connectivity index (χ2n) is 4.34. The topological polar surface area (TPSA) is 44.1 Å². The van der Waals surface area contributed by atoms with Gasteiger partial charge in [0.05, 0.1) is 18.6 Å². The molecule has 1 atom stereocenters. The molecular formula is C16H16N2O2. The van der Waals surface area contributed by atoms with Gasteiger partial charge in [0, 0.05) is 6.92 Å². The first-order chi connectivity index (χ1) is 9.74. The number of carbonyl (C=O) groups excluding carboxylic acids is 1. The summed E-state index contributed by atoms with van der Waals surface area (Å²) in [6, 6.07) is 10.0. The normalized spacial score (nSPS) is 11.3. The van der Waals surface area contributed by atoms with Crippen LogP contribution >= 0.6 is 0 Å². The van der Waals surface area contributed by atoms with Crippen molar-refractivity contribution < 1.29 is 9.53 Å². The fourth-order valence-corrected chi connectivity index (χ4v) is 1.97. The summed E-state index contributed by atoms with van der Waals surface area (Å²) < 4.78 is 6.80. The van der Waals surface area contributed by atoms with Crippen molar-refractivity contribution in [2.75, 3.05) is 6.61 Å². The van der Waals surface area contributed by atoms with Gasteiger partial charge in [0.15, 0.2) is 6.61 Å². The van der Waals surface area contributed by atoms with E-state index in [2.05, 4.69) is 17.0 Å². The van der Waals surface area contributed by atoms with Crippen molar-refractivity contribution >= 4 is 5.78 Å². The van der Waals surface area contributed by atoms with Gasteiger partial charge >= 0.3 is 0 Å². The fourth-order valence-electron chi connectivity index (χ4n) is 1.97. The molecule has 0 aliphatic heterocycles. The number of aromatic nitrogens is 2. The lowest BCUT2D eigenvalue weighted by molar-refractivity contribution is 0.0891. The molecule has 20 heavy (non-hydrogen) atoms. The molecule has 0 saturated carbocycles. The van der Waals surface area contributed by atoms with Crippen molar-refractivity contribution in [3.05, 3.63) is 54.1 Å². The van der Waals surface area contributed by atoms with Crippen LogP contribution in [-0.4, -0.2) is 21.9 Å². The zero-order valence-corrected chi connectivity index (χ0v) is 11.5. The quantitative estimate of drug-likeness (QED) is 0.618. The van der Waals surface area contributed by atoms with Gasteiger partial charge in [-0.05, 0) is 12.5 Å². The van der Waals surface area contributed by atoms with E-state index in [0.717, 1.165) is 5.56 Å². The monoisotopic (exact) mass is 268 g/mol. The SMILES string of the molecule is CC#COCC(=O)c1cncn1[C@H](C)c1ccccc1. The minimum atomic E-state index is -0.131. The van der Waals surface area contributed by atoms with E-state index in [1.807, 2.05) is 41.8 Å². The zero-order valence-electron chi connectivity index (χ0n) is 11.5. The summed E-state index contributed by atoms with van der Waals surface area (Å²) in [5.74, 6) is 2.45. The molecule has 1 aromatic carbocycles. The molecule has 0 aliphatic rings. The van der Waals surface area contributed by atoms with Crippen LogP contribution in [0.1, 0.15) is 35.9 Å². The van der Waals surface area contributed by atoms with Gasteiger partial charge in [-0.1, -0.05) is 36.3 Å². The molecule has 2 rings (SSSR count). The van der Waals surface area contributed by atoms with Gasteiger partial charge in [0.1, 0.15) is 11.8 Å². The van der Waals surface area contributed by atoms with Crippen LogP contribution in [0.4, 0.5) is 0 Å². The average Bonchev–Trinajstić information content (AvgIpc) is 2.97. The molecule has 0 saturated heterocycles. The lowest BCUT2D eigenvalue weighted by Crippen LogP contribution is -2.16. The van der Waals surface area contributed by atoms with Crippen LogP contribution in [0.2, 0.25) is 0 Å². The van der Waals surface area contributed by atoms with E-state index in [1.54, 1.807) is 19.4 Å². The molecule has 0 fully saturated rings. The number of Topliss-reactive ketones (excluding diaryl/α,β-unsaturated/α-hetero) is 1. The van der Waals surface area contributed by atoms with Crippen LogP contribution < -0.4 is 0 Å². The molecule has 0 amide bonds. The maximum atomic E-state index is 12.1. The molecule has 2 aromatic rings. The van der Waals surface area contributed by atoms with Crippen molar-refractivity contribution in [1.29, 1.82) is 0 Å². The van der Waals surface area contributed by atoms with E-state index in [0.29, 0.717) is 5.69 Å². The molecule has 0 radical (unpaired) electrons. The third-order valence-electron chi connectivity index (χ3n) is 3.03. The third kappa shape index (κ3) is 3.07. The highest BCUT2D eigenvalue weighted by Crippen LogP contribution is 2.19. The largest absolute Gasteiger partial charge is 0.438 e. The van der Waals surface area contributed by atoms with E-state index < -0.39 is 0 Å². The van der Waals surface area contributed by atoms with Gasteiger partial charge in [0.2, 0.25) is 5.78 Å². The Bertz CT molecular complexity index is 635. The highest BCUT2D eigenvalue weighted by atomic mass is 16.5. The summed E-state index contributed by atoms with van der Waals surface area (Å²) >= 11 is 0. The summed E-state index contributed by atoms with van der Waals surface area (Å²) in [6.07, 6.45) is 5.64. The first-order valence-electron chi connectivity index (χ1n) is 6.37. The van der Waals surface area contributed by atoms with Crippen LogP contribution in [0.15, 0.2) is 42.9 Å². The maximum absolute atomic E-state index is 12.1. The number of nitrogens with zero attached hydrogens (tertiary/aromatic N) is 2. The van der Waals surface area contributed by atoms with E-state index in [-0.39, 0.29) is 18.4 Å². The number of hydrogen-bond acceptors (Lipinski definition) is 3. The summed E-state index contributed by atoms with van der Waals surface area (Å²) in [5, 5.41) is 0. The Labute approximate surface area is 118 Å². The van der Waals surface area contributed by atoms with Crippen LogP contribution in [0.3, 0.4) is 0 Å². The number of ketones is 1. The standard InChI is InChI=1S/C16H16N2O2/c1-3-9-20-11-16(19)15-10-17-12-18(15)13(2)14-7-5-4-6-8-14/h4-8,10,12-13H,11H2,1-2H3/t13-/m1/s1. The zero-order chi connectivity index (χ0) is 14.4. The van der Waals surface area contributed by atoms with Crippen LogP contribution in [0, 0.1) is 12.0 Å². The first kappa shape index (κ1) is 13.9. The second-order valence-corrected chi connectivity index (χ2v) is 4.34. The molecule has 4 heteroatoms. The van der Waals surface area contributed by atoms with E-state index in [1.165, 1.54) is 0 Å². The third-order valence-corrected chi connectivity index (χ3v) is 3.03. The average molecular weight is 268 g/mol. The number of carbonyl (C=O) groups is 1. The Morgan fingerprint density at radius 1 is 1.40 bits per heavy atom. The Morgan fingerprint density at radius 2 is 2.15 bits per heavy atom. The fraction of sp³-hybridized carbons (Fsp3) is 0.250. The Kier molecular flexibility index (Phi) is 4.56. The van der Waals surface area contributed by atoms with Gasteiger partial charge in [-0.3, -0.25) is 4.79 Å². The Balaban J connectivity index is 2.19. The van der Waals surface area contributed by atoms with Crippen molar-refractivity contribution in [3.8, 4) is 12.0 Å². The van der Waals surface area contributed by atoms with Gasteiger partial charge in [-0.2, -0.15) is 0 Å². The van der Waals surface area contributed by atoms with Crippen LogP contribution in [0.5, 0.6) is 0 Å². The Morgan fingerprint density at radius 3 is 2.85 bits per heavy atom. The summed E-state index contributed by atoms with van der Waals surface area (Å²) in [7, 11) is 0. The predicted molar refractivity (Wildman–Crippen MR) is 76.2 cm³/mol. The van der Waals surface area contributed by atoms with Crippen molar-refractivity contribution in [2.45, 2.75) is 19.9 Å². The minimum Gasteiger partial charge on any atom is -0.438 e. The van der Waals surface area contributed by atoms with Crippen molar-refractivity contribution in [2.24, 2.45) is 0 Å². The number of benzene rings is 1. The molecule has 4 nitrogen and oxygen atoms in total. The van der Waals surface area contributed by atoms with E-state index >= 15 is 0 Å². The van der Waals surface area contributed by atoms with Crippen LogP contribution in [-0.2, 0) is 4.74 Å². The van der Waals surface area contributed by atoms with Gasteiger partial charge in [-0.15, -0.1) is 0 Å². The molecule has 0 unspecified atom stereocenters. The molecule has 0 bridgehead atoms. The highest BCUT2D eigenvalue weighted by molar-refractivity contribution is 5.95. The number of ether oxygens (including phenoxy) is 1. The molecular weight excluding hydrogens is 252 g/mol. The summed E-state index contributed by atoms with van der Waals surface area (Å²) in [5.41, 5.74) is 1.65. The second kappa shape index (κ2) is 6.58. The number of hydrogen-bond donors (Lipinski definition) is 0. The number of imidazole rings is 1. The van der Waals surface area contributed by atoms with Gasteiger partial charge in [-0.25, -0.2) is 4.98 Å². The first-order valence-corrected chi connectivity index (χ1v) is 6.37. The summed E-state index contributed by atoms with van der Waals surface area (Å²) in [4.78, 5) is 16.2. The highest BCUT2D eigenvalue weighted by Gasteiger charge is 2.17. The smallest absolute Gasteiger partial charge is 0.219 e. The Hall–Kier alpha value is -2.54. The van der Waals surface area contributed by atoms with Gasteiger partial charge in [0.25, 0.3) is 0 Å². The van der Waals surface area contributed by atoms with Gasteiger partial charge < -0.3 is 9.30 Å². The lowest BCUT2D eigenvalue weighted by atomic mass is 10.1. The predicted octanol–water partition coefficient (Wildman–Crippen LogP) is 2.67.